The average Bonchev–Trinajstić information content (AvgIpc) is 2.96. The summed E-state index contributed by atoms with van der Waals surface area (Å²) in [6.07, 6.45) is 9.17. The summed E-state index contributed by atoms with van der Waals surface area (Å²) in [5, 5.41) is 0. The van der Waals surface area contributed by atoms with E-state index in [-0.39, 0.29) is 7.92 Å². The van der Waals surface area contributed by atoms with E-state index in [4.69, 9.17) is 0 Å². The van der Waals surface area contributed by atoms with Crippen LogP contribution in [0.4, 0.5) is 0 Å². The molecule has 4 saturated carbocycles. The van der Waals surface area contributed by atoms with E-state index in [1.165, 1.54) is 25.7 Å². The monoisotopic (exact) mass is 320 g/mol. The van der Waals surface area contributed by atoms with Gasteiger partial charge in [0, 0.05) is 0 Å². The molecule has 4 fully saturated rings. The summed E-state index contributed by atoms with van der Waals surface area (Å²) in [7, 11) is 0.174. The van der Waals surface area contributed by atoms with Crippen LogP contribution in [0.3, 0.4) is 0 Å². The third-order valence-electron chi connectivity index (χ3n) is 10.5. The number of fused-ring (bicyclic) bond motifs is 4. The highest BCUT2D eigenvalue weighted by Gasteiger charge is 2.67. The summed E-state index contributed by atoms with van der Waals surface area (Å²) in [4.78, 5) is 0. The highest BCUT2D eigenvalue weighted by molar-refractivity contribution is 7.58. The van der Waals surface area contributed by atoms with Gasteiger partial charge in [0.25, 0.3) is 0 Å². The van der Waals surface area contributed by atoms with Crippen molar-refractivity contribution in [2.24, 2.45) is 33.5 Å². The quantitative estimate of drug-likeness (QED) is 0.507. The molecule has 1 heteroatoms. The first-order valence-corrected chi connectivity index (χ1v) is 11.7. The molecule has 0 radical (unpaired) electrons. The van der Waals surface area contributed by atoms with Crippen LogP contribution in [0.2, 0.25) is 0 Å². The lowest BCUT2D eigenvalue weighted by molar-refractivity contribution is 0.147. The molecule has 0 aromatic carbocycles. The maximum atomic E-state index is 2.72. The Morgan fingerprint density at radius 2 is 1.05 bits per heavy atom. The Bertz CT molecular complexity index is 448. The molecule has 0 nitrogen and oxygen atoms in total. The van der Waals surface area contributed by atoms with Gasteiger partial charge in [-0.05, 0) is 90.0 Å². The maximum absolute atomic E-state index is 2.72. The van der Waals surface area contributed by atoms with Gasteiger partial charge in [0.15, 0.2) is 0 Å². The molecule has 0 aromatic rings. The zero-order chi connectivity index (χ0) is 16.1. The van der Waals surface area contributed by atoms with Crippen molar-refractivity contribution < 1.29 is 0 Å². The van der Waals surface area contributed by atoms with Crippen LogP contribution in [0.25, 0.3) is 0 Å². The summed E-state index contributed by atoms with van der Waals surface area (Å²) < 4.78 is 0. The van der Waals surface area contributed by atoms with Crippen LogP contribution in [-0.4, -0.2) is 18.0 Å². The number of hydrogen-bond donors (Lipinski definition) is 0. The van der Waals surface area contributed by atoms with Crippen molar-refractivity contribution >= 4 is 7.92 Å². The molecule has 4 rings (SSSR count). The van der Waals surface area contributed by atoms with Crippen molar-refractivity contribution in [2.45, 2.75) is 91.4 Å². The molecule has 0 spiro atoms. The molecule has 4 aliphatic rings. The fraction of sp³-hybridized carbons (Fsp3) is 1.00. The lowest BCUT2D eigenvalue weighted by atomic mass is 9.70. The predicted octanol–water partition coefficient (Wildman–Crippen LogP) is 6.53. The van der Waals surface area contributed by atoms with Crippen LogP contribution in [0, 0.1) is 33.5 Å². The lowest BCUT2D eigenvalue weighted by Crippen LogP contribution is -2.40. The molecule has 0 aliphatic heterocycles. The Balaban J connectivity index is 1.64. The van der Waals surface area contributed by atoms with Crippen molar-refractivity contribution in [3.05, 3.63) is 0 Å². The van der Waals surface area contributed by atoms with Crippen molar-refractivity contribution in [2.75, 3.05) is 6.66 Å². The molecule has 0 amide bonds. The van der Waals surface area contributed by atoms with E-state index < -0.39 is 0 Å². The SMILES string of the molecule is CP(C1CC2CCC1(C)C2(C)C)C1CC2CCC1(C)C2(C)C. The number of rotatable bonds is 2. The zero-order valence-corrected chi connectivity index (χ0v) is 16.9. The van der Waals surface area contributed by atoms with E-state index in [9.17, 15) is 0 Å². The van der Waals surface area contributed by atoms with E-state index in [1.807, 2.05) is 0 Å². The minimum absolute atomic E-state index is 0.174. The maximum Gasteiger partial charge on any atom is -0.0147 e. The molecule has 0 saturated heterocycles. The first-order chi connectivity index (χ1) is 10.1. The molecule has 126 valence electrons. The Labute approximate surface area is 140 Å². The van der Waals surface area contributed by atoms with Crippen molar-refractivity contribution in [1.82, 2.24) is 0 Å². The van der Waals surface area contributed by atoms with Gasteiger partial charge in [-0.2, -0.15) is 0 Å². The van der Waals surface area contributed by atoms with Gasteiger partial charge >= 0.3 is 0 Å². The van der Waals surface area contributed by atoms with Gasteiger partial charge in [0.05, 0.1) is 0 Å². The summed E-state index contributed by atoms with van der Waals surface area (Å²) in [6, 6.07) is 0. The first kappa shape index (κ1) is 15.9. The van der Waals surface area contributed by atoms with Crippen molar-refractivity contribution in [3.63, 3.8) is 0 Å². The Morgan fingerprint density at radius 1 is 0.682 bits per heavy atom. The largest absolute Gasteiger partial charge is 0.102 e. The van der Waals surface area contributed by atoms with Gasteiger partial charge < -0.3 is 0 Å². The average molecular weight is 321 g/mol. The van der Waals surface area contributed by atoms with Crippen LogP contribution >= 0.6 is 7.92 Å². The minimum atomic E-state index is 0.174. The number of hydrogen-bond acceptors (Lipinski definition) is 0. The zero-order valence-electron chi connectivity index (χ0n) is 16.0. The van der Waals surface area contributed by atoms with Gasteiger partial charge in [-0.3, -0.25) is 0 Å². The molecule has 22 heavy (non-hydrogen) atoms. The molecular weight excluding hydrogens is 283 g/mol. The standard InChI is InChI=1S/C21H37P/c1-18(2)14-8-10-20(18,5)16(12-14)22(7)17-13-15-9-11-21(17,6)19(15,3)4/h14-17H,8-13H2,1-7H3. The molecule has 6 unspecified atom stereocenters. The van der Waals surface area contributed by atoms with Gasteiger partial charge in [0.1, 0.15) is 0 Å². The second kappa shape index (κ2) is 4.33. The second-order valence-corrected chi connectivity index (χ2v) is 13.5. The Morgan fingerprint density at radius 3 is 1.27 bits per heavy atom. The van der Waals surface area contributed by atoms with Crippen molar-refractivity contribution in [1.29, 1.82) is 0 Å². The van der Waals surface area contributed by atoms with Crippen molar-refractivity contribution in [3.8, 4) is 0 Å². The Kier molecular flexibility index (Phi) is 3.14. The second-order valence-electron chi connectivity index (χ2n) is 10.9. The molecule has 0 heterocycles. The summed E-state index contributed by atoms with van der Waals surface area (Å²) in [5.41, 5.74) is 4.58. The van der Waals surface area contributed by atoms with E-state index >= 15 is 0 Å². The summed E-state index contributed by atoms with van der Waals surface area (Å²) >= 11 is 0. The highest BCUT2D eigenvalue weighted by Crippen LogP contribution is 2.78. The van der Waals surface area contributed by atoms with E-state index in [0.29, 0.717) is 21.7 Å². The van der Waals surface area contributed by atoms with Crippen LogP contribution in [0.5, 0.6) is 0 Å². The minimum Gasteiger partial charge on any atom is -0.102 e. The molecule has 4 bridgehead atoms. The van der Waals surface area contributed by atoms with Crippen LogP contribution in [0.15, 0.2) is 0 Å². The lowest BCUT2D eigenvalue weighted by Gasteiger charge is -2.49. The molecule has 6 atom stereocenters. The normalized spacial score (nSPS) is 55.8. The van der Waals surface area contributed by atoms with Crippen LogP contribution < -0.4 is 0 Å². The molecule has 0 aromatic heterocycles. The van der Waals surface area contributed by atoms with E-state index in [1.54, 1.807) is 12.8 Å². The topological polar surface area (TPSA) is 0 Å². The first-order valence-electron chi connectivity index (χ1n) is 9.77. The van der Waals surface area contributed by atoms with Gasteiger partial charge in [-0.25, -0.2) is 0 Å². The fourth-order valence-electron chi connectivity index (χ4n) is 7.77. The smallest absolute Gasteiger partial charge is 0.0147 e. The van der Waals surface area contributed by atoms with E-state index in [2.05, 4.69) is 48.2 Å². The Hall–Kier alpha value is 0.430. The third-order valence-corrected chi connectivity index (χ3v) is 14.0. The highest BCUT2D eigenvalue weighted by atomic mass is 31.1. The van der Waals surface area contributed by atoms with Gasteiger partial charge in [0.2, 0.25) is 0 Å². The molecule has 0 N–H and O–H groups in total. The van der Waals surface area contributed by atoms with Crippen LogP contribution in [0.1, 0.15) is 80.1 Å². The fourth-order valence-corrected chi connectivity index (χ4v) is 12.1. The molecular formula is C21H37P. The van der Waals surface area contributed by atoms with E-state index in [0.717, 1.165) is 23.2 Å². The third kappa shape index (κ3) is 1.55. The molecule has 4 aliphatic carbocycles. The predicted molar refractivity (Wildman–Crippen MR) is 98.9 cm³/mol. The summed E-state index contributed by atoms with van der Waals surface area (Å²) in [6.45, 7) is 18.4. The van der Waals surface area contributed by atoms with Gasteiger partial charge in [-0.15, -0.1) is 7.92 Å². The van der Waals surface area contributed by atoms with Gasteiger partial charge in [-0.1, -0.05) is 41.5 Å². The van der Waals surface area contributed by atoms with Crippen LogP contribution in [-0.2, 0) is 0 Å². The summed E-state index contributed by atoms with van der Waals surface area (Å²) in [5.74, 6) is 2.04.